The molecule has 3 aromatic rings. The van der Waals surface area contributed by atoms with E-state index in [-0.39, 0.29) is 0 Å². The van der Waals surface area contributed by atoms with Crippen molar-refractivity contribution < 1.29 is 4.74 Å². The van der Waals surface area contributed by atoms with Gasteiger partial charge in [-0.05, 0) is 47.5 Å². The Morgan fingerprint density at radius 2 is 1.88 bits per heavy atom. The summed E-state index contributed by atoms with van der Waals surface area (Å²) in [5.74, 6) is 0.895. The van der Waals surface area contributed by atoms with Gasteiger partial charge in [-0.3, -0.25) is 0 Å². The average Bonchev–Trinajstić information content (AvgIpc) is 3.08. The smallest absolute Gasteiger partial charge is 0.186 e. The third kappa shape index (κ3) is 3.72. The molecule has 2 atom stereocenters. The monoisotopic (exact) mass is 431 g/mol. The molecule has 0 saturated carbocycles. The Labute approximate surface area is 166 Å². The summed E-state index contributed by atoms with van der Waals surface area (Å²) < 4.78 is 8.24. The van der Waals surface area contributed by atoms with E-state index in [0.29, 0.717) is 18.7 Å². The molecule has 6 heteroatoms. The van der Waals surface area contributed by atoms with Crippen LogP contribution in [0.4, 0.5) is 5.13 Å². The molecule has 0 unspecified atom stereocenters. The minimum atomic E-state index is 0.461. The number of thiazole rings is 1. The summed E-state index contributed by atoms with van der Waals surface area (Å²) in [6, 6.07) is 15.2. The number of aromatic nitrogens is 1. The lowest BCUT2D eigenvalue weighted by Gasteiger charge is -2.35. The number of piperazine rings is 1. The second-order valence-electron chi connectivity index (χ2n) is 6.87. The van der Waals surface area contributed by atoms with Crippen LogP contribution in [0.3, 0.4) is 0 Å². The lowest BCUT2D eigenvalue weighted by molar-refractivity contribution is 0.310. The zero-order chi connectivity index (χ0) is 18.1. The molecule has 0 bridgehead atoms. The van der Waals surface area contributed by atoms with Crippen molar-refractivity contribution in [2.75, 3.05) is 18.0 Å². The zero-order valence-electron chi connectivity index (χ0n) is 14.9. The van der Waals surface area contributed by atoms with Crippen LogP contribution in [0.25, 0.3) is 10.2 Å². The lowest BCUT2D eigenvalue weighted by Crippen LogP contribution is -2.54. The van der Waals surface area contributed by atoms with E-state index < -0.39 is 0 Å². The standard InChI is InChI=1S/C20H22BrN3OS/c1-13-10-24(11-14(2)22-13)20-23-18-16(21)8-9-17(19(18)26-20)25-12-15-6-4-3-5-7-15/h3-9,13-14,22H,10-12H2,1-2H3/t13-,14+. The second-order valence-corrected chi connectivity index (χ2v) is 8.70. The molecular formula is C20H22BrN3OS. The first-order chi connectivity index (χ1) is 12.6. The third-order valence-corrected chi connectivity index (χ3v) is 6.28. The number of halogens is 1. The Kier molecular flexibility index (Phi) is 5.16. The predicted octanol–water partition coefficient (Wildman–Crippen LogP) is 4.82. The maximum Gasteiger partial charge on any atom is 0.186 e. The molecule has 26 heavy (non-hydrogen) atoms. The van der Waals surface area contributed by atoms with Crippen LogP contribution in [0, 0.1) is 0 Å². The van der Waals surface area contributed by atoms with Crippen LogP contribution >= 0.6 is 27.3 Å². The van der Waals surface area contributed by atoms with Crippen molar-refractivity contribution in [2.45, 2.75) is 32.5 Å². The quantitative estimate of drug-likeness (QED) is 0.641. The van der Waals surface area contributed by atoms with Gasteiger partial charge in [0.15, 0.2) is 5.13 Å². The Balaban J connectivity index is 1.63. The Bertz CT molecular complexity index is 889. The summed E-state index contributed by atoms with van der Waals surface area (Å²) in [5, 5.41) is 4.64. The Hall–Kier alpha value is -1.63. The van der Waals surface area contributed by atoms with Gasteiger partial charge in [-0.2, -0.15) is 0 Å². The van der Waals surface area contributed by atoms with E-state index in [1.54, 1.807) is 11.3 Å². The molecule has 1 aliphatic heterocycles. The molecule has 4 rings (SSSR count). The van der Waals surface area contributed by atoms with Crippen molar-refractivity contribution in [3.05, 3.63) is 52.5 Å². The highest BCUT2D eigenvalue weighted by molar-refractivity contribution is 9.10. The van der Waals surface area contributed by atoms with Crippen molar-refractivity contribution in [3.8, 4) is 5.75 Å². The first-order valence-electron chi connectivity index (χ1n) is 8.87. The molecule has 1 fully saturated rings. The maximum absolute atomic E-state index is 6.12. The number of nitrogens with one attached hydrogen (secondary N) is 1. The molecule has 0 amide bonds. The SMILES string of the molecule is C[C@@H]1CN(c2nc3c(Br)ccc(OCc4ccccc4)c3s2)C[C@H](C)N1. The van der Waals surface area contributed by atoms with E-state index in [1.165, 1.54) is 0 Å². The van der Waals surface area contributed by atoms with Crippen LogP contribution in [-0.2, 0) is 6.61 Å². The zero-order valence-corrected chi connectivity index (χ0v) is 17.3. The molecule has 0 radical (unpaired) electrons. The summed E-state index contributed by atoms with van der Waals surface area (Å²) in [6.45, 7) is 6.96. The van der Waals surface area contributed by atoms with E-state index >= 15 is 0 Å². The second kappa shape index (κ2) is 7.55. The van der Waals surface area contributed by atoms with Crippen molar-refractivity contribution in [1.29, 1.82) is 0 Å². The van der Waals surface area contributed by atoms with Crippen LogP contribution in [0.1, 0.15) is 19.4 Å². The molecule has 4 nitrogen and oxygen atoms in total. The molecule has 0 aliphatic carbocycles. The molecule has 1 N–H and O–H groups in total. The van der Waals surface area contributed by atoms with Gasteiger partial charge in [0.1, 0.15) is 17.9 Å². The first kappa shape index (κ1) is 17.8. The average molecular weight is 432 g/mol. The fourth-order valence-corrected chi connectivity index (χ4v) is 5.04. The van der Waals surface area contributed by atoms with Gasteiger partial charge >= 0.3 is 0 Å². The van der Waals surface area contributed by atoms with E-state index in [4.69, 9.17) is 9.72 Å². The number of fused-ring (bicyclic) bond motifs is 1. The molecular weight excluding hydrogens is 410 g/mol. The molecule has 2 aromatic carbocycles. The van der Waals surface area contributed by atoms with Crippen molar-refractivity contribution in [1.82, 2.24) is 10.3 Å². The normalized spacial score (nSPS) is 20.5. The topological polar surface area (TPSA) is 37.4 Å². The summed E-state index contributed by atoms with van der Waals surface area (Å²) in [6.07, 6.45) is 0. The van der Waals surface area contributed by atoms with Crippen LogP contribution in [0.5, 0.6) is 5.75 Å². The Morgan fingerprint density at radius 1 is 1.15 bits per heavy atom. The van der Waals surface area contributed by atoms with Gasteiger partial charge < -0.3 is 15.0 Å². The summed E-state index contributed by atoms with van der Waals surface area (Å²) >= 11 is 5.36. The van der Waals surface area contributed by atoms with Gasteiger partial charge in [-0.25, -0.2) is 4.98 Å². The van der Waals surface area contributed by atoms with Gasteiger partial charge in [0.25, 0.3) is 0 Å². The Morgan fingerprint density at radius 3 is 2.62 bits per heavy atom. The van der Waals surface area contributed by atoms with Gasteiger partial charge in [0.2, 0.25) is 0 Å². The summed E-state index contributed by atoms with van der Waals surface area (Å²) in [5.41, 5.74) is 2.15. The number of nitrogens with zero attached hydrogens (tertiary/aromatic N) is 2. The molecule has 0 spiro atoms. The van der Waals surface area contributed by atoms with Crippen molar-refractivity contribution >= 4 is 42.6 Å². The largest absolute Gasteiger partial charge is 0.487 e. The van der Waals surface area contributed by atoms with Crippen molar-refractivity contribution in [3.63, 3.8) is 0 Å². The summed E-state index contributed by atoms with van der Waals surface area (Å²) in [7, 11) is 0. The highest BCUT2D eigenvalue weighted by Gasteiger charge is 2.24. The van der Waals surface area contributed by atoms with Crippen LogP contribution in [0.15, 0.2) is 46.9 Å². The molecule has 1 saturated heterocycles. The van der Waals surface area contributed by atoms with Crippen LogP contribution in [-0.4, -0.2) is 30.2 Å². The van der Waals surface area contributed by atoms with Crippen molar-refractivity contribution in [2.24, 2.45) is 0 Å². The van der Waals surface area contributed by atoms with E-state index in [9.17, 15) is 0 Å². The minimum absolute atomic E-state index is 0.461. The molecule has 1 aromatic heterocycles. The van der Waals surface area contributed by atoms with Gasteiger partial charge in [-0.1, -0.05) is 41.7 Å². The number of hydrogen-bond donors (Lipinski definition) is 1. The fourth-order valence-electron chi connectivity index (χ4n) is 3.41. The first-order valence-corrected chi connectivity index (χ1v) is 10.5. The lowest BCUT2D eigenvalue weighted by atomic mass is 10.2. The molecule has 136 valence electrons. The number of anilines is 1. The van der Waals surface area contributed by atoms with Gasteiger partial charge in [-0.15, -0.1) is 0 Å². The van der Waals surface area contributed by atoms with Crippen LogP contribution in [0.2, 0.25) is 0 Å². The third-order valence-electron chi connectivity index (χ3n) is 4.51. The number of rotatable bonds is 4. The minimum Gasteiger partial charge on any atom is -0.487 e. The number of ether oxygens (including phenoxy) is 1. The van der Waals surface area contributed by atoms with E-state index in [1.807, 2.05) is 30.3 Å². The fraction of sp³-hybridized carbons (Fsp3) is 0.350. The highest BCUT2D eigenvalue weighted by atomic mass is 79.9. The molecule has 1 aliphatic rings. The van der Waals surface area contributed by atoms with E-state index in [0.717, 1.165) is 44.2 Å². The molecule has 2 heterocycles. The van der Waals surface area contributed by atoms with E-state index in [2.05, 4.69) is 52.1 Å². The van der Waals surface area contributed by atoms with Crippen LogP contribution < -0.4 is 15.0 Å². The highest BCUT2D eigenvalue weighted by Crippen LogP contribution is 2.39. The van der Waals surface area contributed by atoms with Gasteiger partial charge in [0.05, 0.1) is 4.70 Å². The summed E-state index contributed by atoms with van der Waals surface area (Å²) in [4.78, 5) is 7.29. The predicted molar refractivity (Wildman–Crippen MR) is 112 cm³/mol. The van der Waals surface area contributed by atoms with Gasteiger partial charge in [0, 0.05) is 29.6 Å². The number of hydrogen-bond acceptors (Lipinski definition) is 5. The maximum atomic E-state index is 6.12. The number of benzene rings is 2.